The fourth-order valence-corrected chi connectivity index (χ4v) is 3.21. The molecular formula is C19H34IN5O2. The first-order valence-corrected chi connectivity index (χ1v) is 9.70. The maximum atomic E-state index is 12.3. The van der Waals surface area contributed by atoms with E-state index in [0.717, 1.165) is 51.6 Å². The number of furan rings is 1. The summed E-state index contributed by atoms with van der Waals surface area (Å²) < 4.78 is 5.21. The highest BCUT2D eigenvalue weighted by atomic mass is 127. The van der Waals surface area contributed by atoms with Gasteiger partial charge in [-0.05, 0) is 44.6 Å². The molecule has 1 aliphatic rings. The Kier molecular flexibility index (Phi) is 11.4. The van der Waals surface area contributed by atoms with Crippen molar-refractivity contribution in [1.29, 1.82) is 0 Å². The van der Waals surface area contributed by atoms with Gasteiger partial charge in [0, 0.05) is 39.8 Å². The van der Waals surface area contributed by atoms with Gasteiger partial charge in [0.25, 0.3) is 5.91 Å². The van der Waals surface area contributed by atoms with Crippen molar-refractivity contribution < 1.29 is 9.21 Å². The van der Waals surface area contributed by atoms with Crippen LogP contribution >= 0.6 is 24.0 Å². The van der Waals surface area contributed by atoms with Crippen LogP contribution in [0.5, 0.6) is 0 Å². The number of hydrogen-bond donors (Lipinski definition) is 1. The molecule has 0 bridgehead atoms. The molecule has 0 spiro atoms. The van der Waals surface area contributed by atoms with Crippen molar-refractivity contribution in [3.8, 4) is 0 Å². The molecule has 1 saturated heterocycles. The first-order valence-electron chi connectivity index (χ1n) is 9.70. The number of unbranched alkanes of at least 4 members (excludes halogenated alkanes) is 1. The molecule has 0 aromatic carbocycles. The Bertz CT molecular complexity index is 552. The molecule has 2 rings (SSSR count). The first kappa shape index (κ1) is 23.7. The number of carbonyl (C=O) groups is 1. The summed E-state index contributed by atoms with van der Waals surface area (Å²) in [6.45, 7) is 11.7. The Morgan fingerprint density at radius 1 is 1.19 bits per heavy atom. The predicted octanol–water partition coefficient (Wildman–Crippen LogP) is 2.35. The number of aliphatic imine (C=N–C) groups is 1. The molecule has 1 aromatic heterocycles. The van der Waals surface area contributed by atoms with Gasteiger partial charge in [0.05, 0.1) is 6.26 Å². The van der Waals surface area contributed by atoms with E-state index in [-0.39, 0.29) is 29.9 Å². The van der Waals surface area contributed by atoms with Gasteiger partial charge in [-0.1, -0.05) is 13.8 Å². The fraction of sp³-hybridized carbons (Fsp3) is 0.684. The second-order valence-corrected chi connectivity index (χ2v) is 6.46. The van der Waals surface area contributed by atoms with Gasteiger partial charge in [0.15, 0.2) is 11.7 Å². The number of hydrogen-bond acceptors (Lipinski definition) is 4. The van der Waals surface area contributed by atoms with Crippen LogP contribution in [0, 0.1) is 0 Å². The van der Waals surface area contributed by atoms with Crippen molar-refractivity contribution in [2.45, 2.75) is 26.7 Å². The number of nitrogens with one attached hydrogen (secondary N) is 1. The standard InChI is InChI=1S/C19H33N5O2.HI/c1-4-22(5-2)11-7-6-10-21-19(20-3)24-14-12-23(13-15-24)18(25)17-9-8-16-26-17;/h8-9,16H,4-7,10-15H2,1-3H3,(H,20,21);1H. The highest BCUT2D eigenvalue weighted by Crippen LogP contribution is 2.09. The Morgan fingerprint density at radius 2 is 1.85 bits per heavy atom. The summed E-state index contributed by atoms with van der Waals surface area (Å²) >= 11 is 0. The van der Waals surface area contributed by atoms with Crippen LogP contribution < -0.4 is 5.32 Å². The average Bonchev–Trinajstić information content (AvgIpc) is 3.22. The zero-order valence-corrected chi connectivity index (χ0v) is 19.1. The van der Waals surface area contributed by atoms with Crippen molar-refractivity contribution in [3.63, 3.8) is 0 Å². The Hall–Kier alpha value is -1.29. The summed E-state index contributed by atoms with van der Waals surface area (Å²) in [5, 5.41) is 3.46. The minimum absolute atomic E-state index is 0. The summed E-state index contributed by atoms with van der Waals surface area (Å²) in [6.07, 6.45) is 3.86. The van der Waals surface area contributed by atoms with Gasteiger partial charge in [-0.25, -0.2) is 0 Å². The minimum Gasteiger partial charge on any atom is -0.459 e. The molecule has 0 aliphatic carbocycles. The topological polar surface area (TPSA) is 64.3 Å². The van der Waals surface area contributed by atoms with E-state index < -0.39 is 0 Å². The van der Waals surface area contributed by atoms with E-state index >= 15 is 0 Å². The van der Waals surface area contributed by atoms with Crippen LogP contribution in [-0.2, 0) is 0 Å². The fourth-order valence-electron chi connectivity index (χ4n) is 3.21. The van der Waals surface area contributed by atoms with Crippen molar-refractivity contribution in [1.82, 2.24) is 20.0 Å². The summed E-state index contributed by atoms with van der Waals surface area (Å²) in [4.78, 5) is 23.2. The molecule has 0 atom stereocenters. The third-order valence-corrected chi connectivity index (χ3v) is 4.89. The van der Waals surface area contributed by atoms with Gasteiger partial charge in [-0.2, -0.15) is 0 Å². The van der Waals surface area contributed by atoms with Crippen LogP contribution in [0.1, 0.15) is 37.2 Å². The second kappa shape index (κ2) is 13.0. The summed E-state index contributed by atoms with van der Waals surface area (Å²) in [5.41, 5.74) is 0. The number of nitrogens with zero attached hydrogens (tertiary/aromatic N) is 4. The molecule has 1 aromatic rings. The Labute approximate surface area is 180 Å². The highest BCUT2D eigenvalue weighted by molar-refractivity contribution is 14.0. The summed E-state index contributed by atoms with van der Waals surface area (Å²) in [6, 6.07) is 3.46. The number of amides is 1. The monoisotopic (exact) mass is 491 g/mol. The predicted molar refractivity (Wildman–Crippen MR) is 120 cm³/mol. The van der Waals surface area contributed by atoms with Crippen LogP contribution in [0.2, 0.25) is 0 Å². The number of rotatable bonds is 8. The van der Waals surface area contributed by atoms with Gasteiger partial charge in [-0.15, -0.1) is 24.0 Å². The summed E-state index contributed by atoms with van der Waals surface area (Å²) in [7, 11) is 1.82. The maximum Gasteiger partial charge on any atom is 0.289 e. The zero-order chi connectivity index (χ0) is 18.8. The van der Waals surface area contributed by atoms with E-state index in [9.17, 15) is 4.79 Å². The first-order chi connectivity index (χ1) is 12.7. The highest BCUT2D eigenvalue weighted by Gasteiger charge is 2.24. The Balaban J connectivity index is 0.00000364. The van der Waals surface area contributed by atoms with Crippen molar-refractivity contribution in [2.24, 2.45) is 4.99 Å². The molecule has 1 amide bonds. The molecule has 1 aliphatic heterocycles. The number of carbonyl (C=O) groups excluding carboxylic acids is 1. The molecule has 2 heterocycles. The third kappa shape index (κ3) is 7.33. The molecular weight excluding hydrogens is 457 g/mol. The van der Waals surface area contributed by atoms with E-state index in [1.165, 1.54) is 12.7 Å². The molecule has 0 unspecified atom stereocenters. The lowest BCUT2D eigenvalue weighted by Crippen LogP contribution is -2.53. The number of piperazine rings is 1. The van der Waals surface area contributed by atoms with Crippen LogP contribution in [0.4, 0.5) is 0 Å². The molecule has 1 fully saturated rings. The molecule has 0 radical (unpaired) electrons. The van der Waals surface area contributed by atoms with Gasteiger partial charge >= 0.3 is 0 Å². The minimum atomic E-state index is -0.0333. The van der Waals surface area contributed by atoms with Crippen molar-refractivity contribution in [3.05, 3.63) is 24.2 Å². The van der Waals surface area contributed by atoms with E-state index in [2.05, 4.69) is 34.0 Å². The molecule has 154 valence electrons. The van der Waals surface area contributed by atoms with E-state index in [1.54, 1.807) is 12.1 Å². The smallest absolute Gasteiger partial charge is 0.289 e. The quantitative estimate of drug-likeness (QED) is 0.262. The van der Waals surface area contributed by atoms with Gasteiger partial charge in [0.2, 0.25) is 0 Å². The average molecular weight is 491 g/mol. The molecule has 1 N–H and O–H groups in total. The van der Waals surface area contributed by atoms with Crippen molar-refractivity contribution in [2.75, 3.05) is 59.4 Å². The van der Waals surface area contributed by atoms with E-state index in [4.69, 9.17) is 4.42 Å². The number of guanidine groups is 1. The van der Waals surface area contributed by atoms with Gasteiger partial charge in [0.1, 0.15) is 0 Å². The molecule has 8 heteroatoms. The van der Waals surface area contributed by atoms with Crippen LogP contribution in [-0.4, -0.2) is 86.0 Å². The lowest BCUT2D eigenvalue weighted by atomic mass is 10.2. The number of halogens is 1. The Morgan fingerprint density at radius 3 is 2.41 bits per heavy atom. The molecule has 0 saturated carbocycles. The normalized spacial score (nSPS) is 15.0. The van der Waals surface area contributed by atoms with Gasteiger partial charge < -0.3 is 24.4 Å². The lowest BCUT2D eigenvalue weighted by Gasteiger charge is -2.36. The van der Waals surface area contributed by atoms with Crippen LogP contribution in [0.3, 0.4) is 0 Å². The molecule has 27 heavy (non-hydrogen) atoms. The largest absolute Gasteiger partial charge is 0.459 e. The maximum absolute atomic E-state index is 12.3. The molecule has 7 nitrogen and oxygen atoms in total. The lowest BCUT2D eigenvalue weighted by molar-refractivity contribution is 0.0657. The van der Waals surface area contributed by atoms with E-state index in [1.807, 2.05) is 11.9 Å². The van der Waals surface area contributed by atoms with E-state index in [0.29, 0.717) is 18.8 Å². The van der Waals surface area contributed by atoms with Gasteiger partial charge in [-0.3, -0.25) is 9.79 Å². The third-order valence-electron chi connectivity index (χ3n) is 4.89. The van der Waals surface area contributed by atoms with Crippen molar-refractivity contribution >= 4 is 35.8 Å². The zero-order valence-electron chi connectivity index (χ0n) is 16.8. The van der Waals surface area contributed by atoms with Crippen LogP contribution in [0.25, 0.3) is 0 Å². The summed E-state index contributed by atoms with van der Waals surface area (Å²) in [5.74, 6) is 1.31. The van der Waals surface area contributed by atoms with Crippen LogP contribution in [0.15, 0.2) is 27.8 Å². The SMILES string of the molecule is CCN(CC)CCCCNC(=NC)N1CCN(C(=O)c2ccco2)CC1.I. The second-order valence-electron chi connectivity index (χ2n) is 6.46.